The van der Waals surface area contributed by atoms with Gasteiger partial charge in [0.2, 0.25) is 0 Å². The van der Waals surface area contributed by atoms with E-state index in [2.05, 4.69) is 25.4 Å². The summed E-state index contributed by atoms with van der Waals surface area (Å²) in [6.45, 7) is -1.12. The van der Waals surface area contributed by atoms with Crippen LogP contribution in [0.2, 0.25) is 0 Å². The molecule has 3 nitrogen and oxygen atoms in total. The van der Waals surface area contributed by atoms with Crippen molar-refractivity contribution in [2.75, 3.05) is 7.11 Å². The van der Waals surface area contributed by atoms with Gasteiger partial charge in [-0.2, -0.15) is 8.78 Å². The van der Waals surface area contributed by atoms with E-state index in [0.717, 1.165) is 11.1 Å². The molecule has 100 valence electrons. The van der Waals surface area contributed by atoms with Crippen LogP contribution in [0.5, 0.6) is 5.75 Å². The Morgan fingerprint density at radius 3 is 2.61 bits per heavy atom. The number of hydrogen-bond acceptors (Lipinski definition) is 3. The van der Waals surface area contributed by atoms with Crippen molar-refractivity contribution in [2.24, 2.45) is 0 Å². The van der Waals surface area contributed by atoms with Crippen LogP contribution in [0.1, 0.15) is 16.7 Å². The van der Waals surface area contributed by atoms with Crippen LogP contribution in [-0.4, -0.2) is 19.7 Å². The third-order valence-corrected chi connectivity index (χ3v) is 3.06. The van der Waals surface area contributed by atoms with Crippen molar-refractivity contribution >= 4 is 21.9 Å². The molecule has 0 heterocycles. The molecule has 0 radical (unpaired) electrons. The molecule has 0 bridgehead atoms. The fourth-order valence-electron chi connectivity index (χ4n) is 1.61. The van der Waals surface area contributed by atoms with Crippen molar-refractivity contribution in [3.8, 4) is 5.75 Å². The van der Waals surface area contributed by atoms with Crippen LogP contribution >= 0.6 is 15.9 Å². The van der Waals surface area contributed by atoms with E-state index in [0.29, 0.717) is 10.9 Å². The number of hydrogen-bond donors (Lipinski definition) is 0. The minimum absolute atomic E-state index is 0.0885. The average molecular weight is 323 g/mol. The molecule has 0 saturated carbocycles. The van der Waals surface area contributed by atoms with E-state index in [1.54, 1.807) is 6.92 Å². The number of benzene rings is 1. The summed E-state index contributed by atoms with van der Waals surface area (Å²) < 4.78 is 33.2. The minimum Gasteiger partial charge on any atom is -0.469 e. The van der Waals surface area contributed by atoms with Crippen molar-refractivity contribution in [3.63, 3.8) is 0 Å². The predicted octanol–water partition coefficient (Wildman–Crippen LogP) is 3.21. The lowest BCUT2D eigenvalue weighted by Crippen LogP contribution is -2.09. The van der Waals surface area contributed by atoms with Crippen LogP contribution in [0.3, 0.4) is 0 Å². The SMILES string of the molecule is COC(=O)Cc1c(C)cc(OC(F)F)cc1CBr. The van der Waals surface area contributed by atoms with Gasteiger partial charge in [-0.15, -0.1) is 0 Å². The van der Waals surface area contributed by atoms with Gasteiger partial charge >= 0.3 is 12.6 Å². The summed E-state index contributed by atoms with van der Waals surface area (Å²) in [5.74, 6) is -0.284. The lowest BCUT2D eigenvalue weighted by Gasteiger charge is -2.13. The highest BCUT2D eigenvalue weighted by atomic mass is 79.9. The fourth-order valence-corrected chi connectivity index (χ4v) is 2.11. The molecule has 0 N–H and O–H groups in total. The molecule has 0 atom stereocenters. The Kier molecular flexibility index (Phi) is 5.53. The first-order valence-corrected chi connectivity index (χ1v) is 6.30. The molecule has 0 aromatic heterocycles. The summed E-state index contributed by atoms with van der Waals surface area (Å²) in [4.78, 5) is 11.3. The van der Waals surface area contributed by atoms with Crippen molar-refractivity contribution < 1.29 is 23.0 Å². The van der Waals surface area contributed by atoms with Crippen LogP contribution in [0, 0.1) is 6.92 Å². The highest BCUT2D eigenvalue weighted by Crippen LogP contribution is 2.26. The number of ether oxygens (including phenoxy) is 2. The summed E-state index contributed by atoms with van der Waals surface area (Å²) in [6, 6.07) is 2.97. The second-order valence-corrected chi connectivity index (χ2v) is 4.20. The fraction of sp³-hybridized carbons (Fsp3) is 0.417. The monoisotopic (exact) mass is 322 g/mol. The number of methoxy groups -OCH3 is 1. The first kappa shape index (κ1) is 14.9. The van der Waals surface area contributed by atoms with E-state index in [1.807, 2.05) is 0 Å². The number of aryl methyl sites for hydroxylation is 1. The molecule has 0 saturated heterocycles. The molecule has 0 amide bonds. The molecule has 18 heavy (non-hydrogen) atoms. The van der Waals surface area contributed by atoms with Crippen LogP contribution in [0.4, 0.5) is 8.78 Å². The molecule has 0 aliphatic heterocycles. The molecule has 0 aliphatic rings. The summed E-state index contributed by atoms with van der Waals surface area (Å²) in [5, 5.41) is 0.445. The van der Waals surface area contributed by atoms with Crippen molar-refractivity contribution in [1.82, 2.24) is 0 Å². The van der Waals surface area contributed by atoms with Gasteiger partial charge in [-0.25, -0.2) is 0 Å². The maximum atomic E-state index is 12.1. The predicted molar refractivity (Wildman–Crippen MR) is 66.2 cm³/mol. The molecule has 0 aliphatic carbocycles. The van der Waals surface area contributed by atoms with E-state index < -0.39 is 6.61 Å². The number of alkyl halides is 3. The van der Waals surface area contributed by atoms with Gasteiger partial charge in [-0.05, 0) is 35.7 Å². The van der Waals surface area contributed by atoms with Crippen molar-refractivity contribution in [3.05, 3.63) is 28.8 Å². The maximum absolute atomic E-state index is 12.1. The maximum Gasteiger partial charge on any atom is 0.387 e. The van der Waals surface area contributed by atoms with Gasteiger partial charge < -0.3 is 9.47 Å². The Balaban J connectivity index is 3.07. The van der Waals surface area contributed by atoms with Crippen LogP contribution in [0.15, 0.2) is 12.1 Å². The molecule has 1 aromatic rings. The number of esters is 1. The Labute approximate surface area is 112 Å². The topological polar surface area (TPSA) is 35.5 Å². The van der Waals surface area contributed by atoms with E-state index >= 15 is 0 Å². The van der Waals surface area contributed by atoms with Crippen molar-refractivity contribution in [1.29, 1.82) is 0 Å². The van der Waals surface area contributed by atoms with Gasteiger partial charge in [-0.3, -0.25) is 4.79 Å². The molecule has 1 rings (SSSR count). The van der Waals surface area contributed by atoms with E-state index in [4.69, 9.17) is 0 Å². The quantitative estimate of drug-likeness (QED) is 0.617. The number of rotatable bonds is 5. The first-order valence-electron chi connectivity index (χ1n) is 5.18. The second kappa shape index (κ2) is 6.68. The third-order valence-electron chi connectivity index (χ3n) is 2.46. The number of halogens is 3. The van der Waals surface area contributed by atoms with Crippen LogP contribution in [-0.2, 0) is 21.3 Å². The van der Waals surface area contributed by atoms with E-state index in [9.17, 15) is 13.6 Å². The molecular weight excluding hydrogens is 310 g/mol. The standard InChI is InChI=1S/C12H13BrF2O3/c1-7-3-9(18-12(14)15)4-8(6-13)10(7)5-11(16)17-2/h3-4,12H,5-6H2,1-2H3. The highest BCUT2D eigenvalue weighted by Gasteiger charge is 2.14. The van der Waals surface area contributed by atoms with Gasteiger partial charge in [-0.1, -0.05) is 15.9 Å². The third kappa shape index (κ3) is 3.94. The Hall–Kier alpha value is -1.17. The molecule has 1 aromatic carbocycles. The van der Waals surface area contributed by atoms with Gasteiger partial charge in [0.05, 0.1) is 13.5 Å². The normalized spacial score (nSPS) is 10.6. The second-order valence-electron chi connectivity index (χ2n) is 3.64. The summed E-state index contributed by atoms with van der Waals surface area (Å²) in [7, 11) is 1.31. The van der Waals surface area contributed by atoms with E-state index in [-0.39, 0.29) is 18.1 Å². The van der Waals surface area contributed by atoms with E-state index in [1.165, 1.54) is 19.2 Å². The average Bonchev–Trinajstić information content (AvgIpc) is 2.31. The van der Waals surface area contributed by atoms with Gasteiger partial charge in [0.25, 0.3) is 0 Å². The Bertz CT molecular complexity index is 436. The highest BCUT2D eigenvalue weighted by molar-refractivity contribution is 9.08. The summed E-state index contributed by atoms with van der Waals surface area (Å²) >= 11 is 3.26. The number of carbonyl (C=O) groups is 1. The minimum atomic E-state index is -2.86. The molecule has 6 heteroatoms. The zero-order chi connectivity index (χ0) is 13.7. The molecule has 0 unspecified atom stereocenters. The van der Waals surface area contributed by atoms with Gasteiger partial charge in [0.15, 0.2) is 0 Å². The number of carbonyl (C=O) groups excluding carboxylic acids is 1. The van der Waals surface area contributed by atoms with Crippen molar-refractivity contribution in [2.45, 2.75) is 25.3 Å². The largest absolute Gasteiger partial charge is 0.469 e. The lowest BCUT2D eigenvalue weighted by atomic mass is 9.99. The summed E-state index contributed by atoms with van der Waals surface area (Å²) in [6.07, 6.45) is 0.109. The Morgan fingerprint density at radius 2 is 2.11 bits per heavy atom. The van der Waals surface area contributed by atoms with Gasteiger partial charge in [0, 0.05) is 5.33 Å². The smallest absolute Gasteiger partial charge is 0.387 e. The lowest BCUT2D eigenvalue weighted by molar-refractivity contribution is -0.139. The Morgan fingerprint density at radius 1 is 1.44 bits per heavy atom. The zero-order valence-electron chi connectivity index (χ0n) is 10.0. The first-order chi connectivity index (χ1) is 8.47. The van der Waals surface area contributed by atoms with Crippen LogP contribution < -0.4 is 4.74 Å². The molecular formula is C12H13BrF2O3. The molecule has 0 fully saturated rings. The summed E-state index contributed by atoms with van der Waals surface area (Å²) in [5.41, 5.74) is 2.21. The van der Waals surface area contributed by atoms with Gasteiger partial charge in [0.1, 0.15) is 5.75 Å². The zero-order valence-corrected chi connectivity index (χ0v) is 11.6. The molecule has 0 spiro atoms. The van der Waals surface area contributed by atoms with Crippen LogP contribution in [0.25, 0.3) is 0 Å².